The van der Waals surface area contributed by atoms with Gasteiger partial charge in [0.1, 0.15) is 11.4 Å². The minimum Gasteiger partial charge on any atom is -0.477 e. The van der Waals surface area contributed by atoms with E-state index in [0.29, 0.717) is 5.52 Å². The highest BCUT2D eigenvalue weighted by Crippen LogP contribution is 2.40. The van der Waals surface area contributed by atoms with Crippen LogP contribution in [0.4, 0.5) is 23.2 Å². The molecule has 1 aromatic heterocycles. The van der Waals surface area contributed by atoms with Crippen LogP contribution in [0.3, 0.4) is 0 Å². The number of anilines is 1. The molecule has 1 saturated carbocycles. The van der Waals surface area contributed by atoms with Crippen LogP contribution in [-0.2, 0) is 4.79 Å². The van der Waals surface area contributed by atoms with Gasteiger partial charge in [0, 0.05) is 36.1 Å². The Bertz CT molecular complexity index is 1180. The zero-order chi connectivity index (χ0) is 23.6. The lowest BCUT2D eigenvalue weighted by molar-refractivity contribution is -0.174. The second kappa shape index (κ2) is 7.21. The van der Waals surface area contributed by atoms with Gasteiger partial charge in [-0.05, 0) is 25.0 Å². The molecule has 7 nitrogen and oxygen atoms in total. The summed E-state index contributed by atoms with van der Waals surface area (Å²) in [5.41, 5.74) is -1.60. The third-order valence-corrected chi connectivity index (χ3v) is 6.12. The summed E-state index contributed by atoms with van der Waals surface area (Å²) in [6.45, 7) is 3.45. The molecule has 1 aliphatic carbocycles. The highest BCUT2D eigenvalue weighted by molar-refractivity contribution is 5.93. The molecule has 1 aromatic carbocycles. The van der Waals surface area contributed by atoms with E-state index in [2.05, 4.69) is 0 Å². The predicted octanol–water partition coefficient (Wildman–Crippen LogP) is 3.07. The molecule has 32 heavy (non-hydrogen) atoms. The van der Waals surface area contributed by atoms with Gasteiger partial charge in [0.2, 0.25) is 5.43 Å². The molecule has 4 rings (SSSR count). The molecule has 1 aliphatic heterocycles. The maximum atomic E-state index is 15.1. The van der Waals surface area contributed by atoms with Crippen molar-refractivity contribution in [1.29, 1.82) is 0 Å². The zero-order valence-electron chi connectivity index (χ0n) is 17.3. The van der Waals surface area contributed by atoms with E-state index in [0.717, 1.165) is 18.9 Å². The van der Waals surface area contributed by atoms with Crippen molar-refractivity contribution in [2.75, 3.05) is 18.0 Å². The number of alkyl halides is 3. The van der Waals surface area contributed by atoms with E-state index >= 15 is 4.39 Å². The van der Waals surface area contributed by atoms with Crippen LogP contribution >= 0.6 is 0 Å². The number of halogens is 4. The Hall–Kier alpha value is -3.11. The third-order valence-electron chi connectivity index (χ3n) is 6.12. The van der Waals surface area contributed by atoms with Crippen molar-refractivity contribution >= 4 is 28.5 Å². The SMILES string of the molecule is CC1(C)CN(c2cc3c(cc2F)c(=O)c(C(=O)O)cn3C2CC2)CC1NC(=O)C(F)(F)F. The Morgan fingerprint density at radius 2 is 1.88 bits per heavy atom. The van der Waals surface area contributed by atoms with Crippen molar-refractivity contribution in [3.8, 4) is 0 Å². The number of carbonyl (C=O) groups excluding carboxylic acids is 1. The van der Waals surface area contributed by atoms with Gasteiger partial charge >= 0.3 is 18.1 Å². The first kappa shape index (κ1) is 22.1. The van der Waals surface area contributed by atoms with Crippen molar-refractivity contribution in [3.05, 3.63) is 39.9 Å². The number of amides is 1. The Morgan fingerprint density at radius 1 is 1.22 bits per heavy atom. The first-order valence-corrected chi connectivity index (χ1v) is 10.0. The van der Waals surface area contributed by atoms with E-state index in [1.807, 2.05) is 5.32 Å². The van der Waals surface area contributed by atoms with Gasteiger partial charge in [-0.2, -0.15) is 13.2 Å². The molecule has 1 unspecified atom stereocenters. The fourth-order valence-corrected chi connectivity index (χ4v) is 4.21. The Morgan fingerprint density at radius 3 is 2.44 bits per heavy atom. The monoisotopic (exact) mass is 455 g/mol. The number of carbonyl (C=O) groups is 2. The number of carboxylic acids is 1. The summed E-state index contributed by atoms with van der Waals surface area (Å²) in [7, 11) is 0. The third kappa shape index (κ3) is 3.80. The molecule has 0 spiro atoms. The second-order valence-corrected chi connectivity index (χ2v) is 9.03. The second-order valence-electron chi connectivity index (χ2n) is 9.03. The number of hydrogen-bond donors (Lipinski definition) is 2. The number of nitrogens with zero attached hydrogens (tertiary/aromatic N) is 2. The maximum absolute atomic E-state index is 15.1. The van der Waals surface area contributed by atoms with Gasteiger partial charge in [-0.15, -0.1) is 0 Å². The van der Waals surface area contributed by atoms with Crippen LogP contribution in [-0.4, -0.2) is 46.9 Å². The molecule has 2 aromatic rings. The molecule has 2 N–H and O–H groups in total. The van der Waals surface area contributed by atoms with Crippen LogP contribution in [0, 0.1) is 11.2 Å². The van der Waals surface area contributed by atoms with Crippen LogP contribution in [0.25, 0.3) is 10.9 Å². The van der Waals surface area contributed by atoms with E-state index in [4.69, 9.17) is 0 Å². The molecule has 1 atom stereocenters. The van der Waals surface area contributed by atoms with E-state index in [9.17, 15) is 32.7 Å². The van der Waals surface area contributed by atoms with Gasteiger partial charge in [-0.1, -0.05) is 13.8 Å². The highest BCUT2D eigenvalue weighted by Gasteiger charge is 2.46. The molecule has 1 saturated heterocycles. The van der Waals surface area contributed by atoms with Crippen molar-refractivity contribution in [1.82, 2.24) is 9.88 Å². The highest BCUT2D eigenvalue weighted by atomic mass is 19.4. The summed E-state index contributed by atoms with van der Waals surface area (Å²) in [6, 6.07) is 1.52. The largest absolute Gasteiger partial charge is 0.477 e. The number of nitrogens with one attached hydrogen (secondary N) is 1. The van der Waals surface area contributed by atoms with Gasteiger partial charge in [0.15, 0.2) is 0 Å². The van der Waals surface area contributed by atoms with E-state index in [1.165, 1.54) is 17.2 Å². The molecular weight excluding hydrogens is 434 g/mol. The molecule has 0 radical (unpaired) electrons. The average Bonchev–Trinajstić information content (AvgIpc) is 3.46. The fraction of sp³-hybridized carbons (Fsp3) is 0.476. The van der Waals surface area contributed by atoms with Gasteiger partial charge in [-0.3, -0.25) is 9.59 Å². The first-order valence-electron chi connectivity index (χ1n) is 10.0. The van der Waals surface area contributed by atoms with Crippen LogP contribution in [0.5, 0.6) is 0 Å². The smallest absolute Gasteiger partial charge is 0.471 e. The van der Waals surface area contributed by atoms with Crippen molar-refractivity contribution in [2.45, 2.75) is 44.9 Å². The Kier molecular flexibility index (Phi) is 4.98. The van der Waals surface area contributed by atoms with Crippen LogP contribution in [0.2, 0.25) is 0 Å². The molecule has 172 valence electrons. The van der Waals surface area contributed by atoms with E-state index < -0.39 is 46.3 Å². The van der Waals surface area contributed by atoms with Gasteiger partial charge in [0.05, 0.1) is 17.2 Å². The first-order chi connectivity index (χ1) is 14.8. The number of aromatic nitrogens is 1. The van der Waals surface area contributed by atoms with Crippen molar-refractivity contribution in [3.63, 3.8) is 0 Å². The minimum atomic E-state index is -5.03. The summed E-state index contributed by atoms with van der Waals surface area (Å²) in [6.07, 6.45) is -2.20. The fourth-order valence-electron chi connectivity index (χ4n) is 4.21. The summed E-state index contributed by atoms with van der Waals surface area (Å²) in [4.78, 5) is 37.0. The predicted molar refractivity (Wildman–Crippen MR) is 107 cm³/mol. The Balaban J connectivity index is 1.75. The molecule has 2 fully saturated rings. The lowest BCUT2D eigenvalue weighted by Crippen LogP contribution is -2.49. The number of aromatic carboxylic acids is 1. The van der Waals surface area contributed by atoms with Crippen LogP contribution in [0.15, 0.2) is 23.1 Å². The summed E-state index contributed by atoms with van der Waals surface area (Å²) in [5, 5.41) is 11.2. The van der Waals surface area contributed by atoms with Crippen LogP contribution < -0.4 is 15.6 Å². The minimum absolute atomic E-state index is 0.0108. The molecular formula is C21H21F4N3O4. The quantitative estimate of drug-likeness (QED) is 0.692. The summed E-state index contributed by atoms with van der Waals surface area (Å²) in [5.74, 6) is -4.25. The number of rotatable bonds is 4. The summed E-state index contributed by atoms with van der Waals surface area (Å²) < 4.78 is 54.8. The lowest BCUT2D eigenvalue weighted by Gasteiger charge is -2.26. The maximum Gasteiger partial charge on any atom is 0.471 e. The number of carboxylic acid groups (broad SMARTS) is 1. The van der Waals surface area contributed by atoms with Gasteiger partial charge < -0.3 is 19.9 Å². The normalized spacial score (nSPS) is 20.6. The van der Waals surface area contributed by atoms with Gasteiger partial charge in [-0.25, -0.2) is 9.18 Å². The number of pyridine rings is 1. The zero-order valence-corrected chi connectivity index (χ0v) is 17.3. The Labute approximate surface area is 179 Å². The van der Waals surface area contributed by atoms with Gasteiger partial charge in [0.25, 0.3) is 0 Å². The number of hydrogen-bond acceptors (Lipinski definition) is 4. The molecule has 2 heterocycles. The molecule has 1 amide bonds. The van der Waals surface area contributed by atoms with E-state index in [-0.39, 0.29) is 30.2 Å². The standard InChI is InChI=1S/C21H21F4N3O4/c1-20(2)9-27(8-16(20)26-19(32)21(23,24)25)15-6-14-11(5-13(15)22)17(29)12(18(30)31)7-28(14)10-3-4-10/h5-7,10,16H,3-4,8-9H2,1-2H3,(H,26,32)(H,30,31). The number of benzene rings is 1. The average molecular weight is 455 g/mol. The van der Waals surface area contributed by atoms with E-state index in [1.54, 1.807) is 18.4 Å². The molecule has 2 aliphatic rings. The summed E-state index contributed by atoms with van der Waals surface area (Å²) >= 11 is 0. The van der Waals surface area contributed by atoms with Crippen molar-refractivity contribution < 1.29 is 32.3 Å². The topological polar surface area (TPSA) is 91.6 Å². The lowest BCUT2D eigenvalue weighted by atomic mass is 9.88. The molecule has 11 heteroatoms. The molecule has 0 bridgehead atoms. The number of fused-ring (bicyclic) bond motifs is 1. The van der Waals surface area contributed by atoms with Crippen LogP contribution in [0.1, 0.15) is 43.1 Å². The van der Waals surface area contributed by atoms with Crippen molar-refractivity contribution in [2.24, 2.45) is 5.41 Å².